The lowest BCUT2D eigenvalue weighted by Crippen LogP contribution is -2.19. The monoisotopic (exact) mass is 612 g/mol. The number of hydrogen-bond acceptors (Lipinski definition) is 1. The van der Waals surface area contributed by atoms with Crippen LogP contribution in [0.25, 0.3) is 39.8 Å². The summed E-state index contributed by atoms with van der Waals surface area (Å²) < 4.78 is 6.55. The molecule has 0 spiro atoms. The Morgan fingerprint density at radius 2 is 1.43 bits per heavy atom. The molecule has 2 unspecified atom stereocenters. The first-order chi connectivity index (χ1) is 23.3. The van der Waals surface area contributed by atoms with Gasteiger partial charge < -0.3 is 4.42 Å². The largest absolute Gasteiger partial charge is 0.460 e. The summed E-state index contributed by atoms with van der Waals surface area (Å²) in [5.74, 6) is 2.26. The van der Waals surface area contributed by atoms with Crippen LogP contribution in [0, 0.1) is 5.92 Å². The Morgan fingerprint density at radius 3 is 2.30 bits per heavy atom. The molecule has 10 rings (SSSR count). The molecule has 0 saturated carbocycles. The highest BCUT2D eigenvalue weighted by atomic mass is 16.3. The van der Waals surface area contributed by atoms with E-state index in [4.69, 9.17) is 4.42 Å². The molecule has 1 nitrogen and oxygen atoms in total. The molecular formula is C46H44O. The van der Waals surface area contributed by atoms with Crippen LogP contribution >= 0.6 is 0 Å². The lowest BCUT2D eigenvalue weighted by atomic mass is 9.69. The molecular weight excluding hydrogens is 569 g/mol. The van der Waals surface area contributed by atoms with Crippen molar-refractivity contribution in [3.63, 3.8) is 0 Å². The maximum absolute atomic E-state index is 6.55. The number of fused-ring (bicyclic) bond motifs is 6. The molecule has 1 heterocycles. The molecule has 2 aromatic carbocycles. The van der Waals surface area contributed by atoms with Crippen LogP contribution in [0.2, 0.25) is 0 Å². The van der Waals surface area contributed by atoms with Gasteiger partial charge in [0.05, 0.1) is 0 Å². The summed E-state index contributed by atoms with van der Waals surface area (Å²) in [5.41, 5.74) is 21.2. The van der Waals surface area contributed by atoms with E-state index in [1.807, 2.05) is 0 Å². The quantitative estimate of drug-likeness (QED) is 0.268. The molecule has 1 aromatic heterocycles. The second-order valence-corrected chi connectivity index (χ2v) is 14.9. The lowest BCUT2D eigenvalue weighted by molar-refractivity contribution is 0.510. The molecule has 1 heteroatoms. The van der Waals surface area contributed by atoms with Crippen LogP contribution in [0.5, 0.6) is 0 Å². The van der Waals surface area contributed by atoms with E-state index in [9.17, 15) is 0 Å². The average molecular weight is 613 g/mol. The number of allylic oxidation sites excluding steroid dienone is 14. The third kappa shape index (κ3) is 4.49. The van der Waals surface area contributed by atoms with Crippen molar-refractivity contribution >= 4 is 28.7 Å². The predicted octanol–water partition coefficient (Wildman–Crippen LogP) is 12.5. The van der Waals surface area contributed by atoms with Gasteiger partial charge in [-0.2, -0.15) is 0 Å². The molecule has 0 aliphatic heterocycles. The Hall–Kier alpha value is -4.10. The number of benzene rings is 2. The van der Waals surface area contributed by atoms with Gasteiger partial charge in [-0.3, -0.25) is 0 Å². The van der Waals surface area contributed by atoms with Gasteiger partial charge in [-0.1, -0.05) is 78.5 Å². The van der Waals surface area contributed by atoms with Crippen LogP contribution in [-0.4, -0.2) is 0 Å². The summed E-state index contributed by atoms with van der Waals surface area (Å²) in [6.45, 7) is 0. The molecule has 0 saturated heterocycles. The van der Waals surface area contributed by atoms with Crippen LogP contribution in [0.4, 0.5) is 0 Å². The van der Waals surface area contributed by atoms with Crippen molar-refractivity contribution in [2.45, 2.75) is 95.8 Å². The van der Waals surface area contributed by atoms with Crippen LogP contribution in [0.3, 0.4) is 0 Å². The first-order valence-corrected chi connectivity index (χ1v) is 18.6. The normalized spacial score (nSPS) is 24.2. The maximum atomic E-state index is 6.55. The first kappa shape index (κ1) is 28.0. The smallest absolute Gasteiger partial charge is 0.134 e. The van der Waals surface area contributed by atoms with Crippen molar-refractivity contribution in [1.82, 2.24) is 0 Å². The van der Waals surface area contributed by atoms with E-state index in [0.29, 0.717) is 11.8 Å². The fraction of sp³-hybridized carbons (Fsp3) is 0.348. The molecule has 0 fully saturated rings. The van der Waals surface area contributed by atoms with Gasteiger partial charge in [-0.25, -0.2) is 0 Å². The topological polar surface area (TPSA) is 13.1 Å². The molecule has 234 valence electrons. The van der Waals surface area contributed by atoms with Crippen molar-refractivity contribution in [1.29, 1.82) is 0 Å². The third-order valence-corrected chi connectivity index (χ3v) is 12.3. The zero-order valence-electron chi connectivity index (χ0n) is 27.5. The van der Waals surface area contributed by atoms with Gasteiger partial charge in [-0.05, 0) is 163 Å². The molecule has 47 heavy (non-hydrogen) atoms. The highest BCUT2D eigenvalue weighted by Gasteiger charge is 2.33. The molecule has 0 amide bonds. The number of furan rings is 1. The van der Waals surface area contributed by atoms with Crippen LogP contribution in [0.1, 0.15) is 116 Å². The second-order valence-electron chi connectivity index (χ2n) is 14.9. The molecule has 3 aromatic rings. The van der Waals surface area contributed by atoms with Crippen molar-refractivity contribution in [3.8, 4) is 11.1 Å². The highest BCUT2D eigenvalue weighted by Crippen LogP contribution is 2.50. The Morgan fingerprint density at radius 1 is 0.660 bits per heavy atom. The molecule has 0 radical (unpaired) electrons. The van der Waals surface area contributed by atoms with Gasteiger partial charge in [0.1, 0.15) is 11.3 Å². The fourth-order valence-electron chi connectivity index (χ4n) is 10.2. The van der Waals surface area contributed by atoms with Crippen LogP contribution in [0.15, 0.2) is 99.6 Å². The summed E-state index contributed by atoms with van der Waals surface area (Å²) in [7, 11) is 0. The van der Waals surface area contributed by atoms with Crippen molar-refractivity contribution in [2.75, 3.05) is 0 Å². The first-order valence-electron chi connectivity index (χ1n) is 18.6. The van der Waals surface area contributed by atoms with Crippen LogP contribution in [-0.2, 0) is 19.3 Å². The van der Waals surface area contributed by atoms with Gasteiger partial charge in [0, 0.05) is 23.3 Å². The SMILES string of the molecule is C1=CC2=C(CC1)CCC=C2C1CC=CC(c2c3c(c(-c4ccc5oc6c(c5c4)C4=C(C=CCC4)CC6)c4c2C=CCC4)CCC=C3)C1. The molecule has 7 aliphatic rings. The van der Waals surface area contributed by atoms with Gasteiger partial charge in [0.2, 0.25) is 0 Å². The molecule has 0 N–H and O–H groups in total. The summed E-state index contributed by atoms with van der Waals surface area (Å²) in [6, 6.07) is 7.16. The van der Waals surface area contributed by atoms with Gasteiger partial charge in [-0.15, -0.1) is 0 Å². The molecule has 7 aliphatic carbocycles. The summed E-state index contributed by atoms with van der Waals surface area (Å²) in [5, 5.41) is 1.33. The molecule has 2 atom stereocenters. The lowest BCUT2D eigenvalue weighted by Gasteiger charge is -2.35. The van der Waals surface area contributed by atoms with Crippen molar-refractivity contribution < 1.29 is 4.42 Å². The second kappa shape index (κ2) is 11.3. The standard InChI is InChI=1S/C46H44O/c1-3-16-34-29(11-1)13-10-22-35(34)31-14-9-15-32(27-31)44-37-18-5-7-20-39(37)45(40-21-8-6-19-38(40)44)33-24-25-42-41(28-33)46-36-17-4-2-12-30(36)23-26-43(46)47-42/h2-3,5-6,9,12,15-16,18-19,22,24-25,28,31-32H,1,4,7-8,10-11,13-14,17,20-21,23,26-27H2. The number of aryl methyl sites for hydroxylation is 1. The Kier molecular flexibility index (Phi) is 6.70. The third-order valence-electron chi connectivity index (χ3n) is 12.3. The minimum atomic E-state index is 0.448. The minimum Gasteiger partial charge on any atom is -0.460 e. The van der Waals surface area contributed by atoms with Gasteiger partial charge in [0.15, 0.2) is 0 Å². The van der Waals surface area contributed by atoms with E-state index in [0.717, 1.165) is 56.9 Å². The van der Waals surface area contributed by atoms with Gasteiger partial charge >= 0.3 is 0 Å². The van der Waals surface area contributed by atoms with Gasteiger partial charge in [0.25, 0.3) is 0 Å². The van der Waals surface area contributed by atoms with E-state index in [2.05, 4.69) is 85.0 Å². The van der Waals surface area contributed by atoms with Crippen LogP contribution < -0.4 is 0 Å². The van der Waals surface area contributed by atoms with E-state index in [-0.39, 0.29) is 0 Å². The Labute approximate surface area is 279 Å². The number of hydrogen-bond donors (Lipinski definition) is 0. The molecule has 0 bridgehead atoms. The summed E-state index contributed by atoms with van der Waals surface area (Å²) >= 11 is 0. The maximum Gasteiger partial charge on any atom is 0.134 e. The van der Waals surface area contributed by atoms with Crippen molar-refractivity contribution in [3.05, 3.63) is 134 Å². The van der Waals surface area contributed by atoms with E-state index in [1.165, 1.54) is 88.6 Å². The Balaban J connectivity index is 1.11. The zero-order chi connectivity index (χ0) is 30.9. The number of rotatable bonds is 3. The van der Waals surface area contributed by atoms with E-state index < -0.39 is 0 Å². The predicted molar refractivity (Wildman–Crippen MR) is 197 cm³/mol. The highest BCUT2D eigenvalue weighted by molar-refractivity contribution is 5.98. The van der Waals surface area contributed by atoms with Crippen molar-refractivity contribution in [2.24, 2.45) is 5.92 Å². The average Bonchev–Trinajstić information content (AvgIpc) is 3.52. The summed E-state index contributed by atoms with van der Waals surface area (Å²) in [6.07, 6.45) is 43.4. The Bertz CT molecular complexity index is 2040. The fourth-order valence-corrected chi connectivity index (χ4v) is 10.2. The van der Waals surface area contributed by atoms with E-state index in [1.54, 1.807) is 33.4 Å². The summed E-state index contributed by atoms with van der Waals surface area (Å²) in [4.78, 5) is 0. The minimum absolute atomic E-state index is 0.448. The van der Waals surface area contributed by atoms with E-state index >= 15 is 0 Å². The zero-order valence-corrected chi connectivity index (χ0v) is 27.5.